The third-order valence-corrected chi connectivity index (χ3v) is 3.20. The average Bonchev–Trinajstić information content (AvgIpc) is 2.49. The highest BCUT2D eigenvalue weighted by Crippen LogP contribution is 2.12. The Bertz CT molecular complexity index is 565. The molecular weight excluding hydrogens is 274 g/mol. The van der Waals surface area contributed by atoms with E-state index in [0.29, 0.717) is 29.9 Å². The molecule has 3 amide bonds. The number of anilines is 1. The highest BCUT2D eigenvalue weighted by atomic mass is 16.2. The van der Waals surface area contributed by atoms with E-state index in [9.17, 15) is 14.4 Å². The van der Waals surface area contributed by atoms with Crippen LogP contribution >= 0.6 is 0 Å². The second kappa shape index (κ2) is 6.31. The first-order valence-electron chi connectivity index (χ1n) is 6.65. The number of aromatic nitrogens is 1. The lowest BCUT2D eigenvalue weighted by Gasteiger charge is -2.22. The second-order valence-corrected chi connectivity index (χ2v) is 4.71. The van der Waals surface area contributed by atoms with E-state index in [2.05, 4.69) is 21.0 Å². The molecule has 1 aromatic rings. The Hall–Kier alpha value is -2.48. The summed E-state index contributed by atoms with van der Waals surface area (Å²) in [7, 11) is 0. The number of amides is 3. The number of nitrogens with zero attached hydrogens (tertiary/aromatic N) is 1. The van der Waals surface area contributed by atoms with Gasteiger partial charge in [0.25, 0.3) is 5.91 Å². The van der Waals surface area contributed by atoms with Crippen molar-refractivity contribution in [1.29, 1.82) is 0 Å². The smallest absolute Gasteiger partial charge is 0.252 e. The van der Waals surface area contributed by atoms with Crippen LogP contribution in [0.2, 0.25) is 0 Å². The molecule has 0 radical (unpaired) electrons. The van der Waals surface area contributed by atoms with Crippen LogP contribution in [0.3, 0.4) is 0 Å². The number of carbonyl (C=O) groups is 3. The summed E-state index contributed by atoms with van der Waals surface area (Å²) in [4.78, 5) is 39.1. The van der Waals surface area contributed by atoms with Gasteiger partial charge in [0.15, 0.2) is 0 Å². The summed E-state index contributed by atoms with van der Waals surface area (Å²) in [5.41, 5.74) is 3.47. The van der Waals surface area contributed by atoms with E-state index in [0.717, 1.165) is 0 Å². The van der Waals surface area contributed by atoms with Crippen LogP contribution in [0.25, 0.3) is 0 Å². The van der Waals surface area contributed by atoms with E-state index in [1.165, 1.54) is 6.07 Å². The maximum absolute atomic E-state index is 12.2. The van der Waals surface area contributed by atoms with Crippen molar-refractivity contribution in [3.05, 3.63) is 23.4 Å². The van der Waals surface area contributed by atoms with Gasteiger partial charge in [0, 0.05) is 17.7 Å². The van der Waals surface area contributed by atoms with Gasteiger partial charge in [0.2, 0.25) is 11.8 Å². The Morgan fingerprint density at radius 3 is 2.86 bits per heavy atom. The molecule has 1 fully saturated rings. The van der Waals surface area contributed by atoms with E-state index in [-0.39, 0.29) is 12.3 Å². The predicted octanol–water partition coefficient (Wildman–Crippen LogP) is -0.535. The Morgan fingerprint density at radius 1 is 1.48 bits per heavy atom. The van der Waals surface area contributed by atoms with Crippen LogP contribution in [0, 0.1) is 0 Å². The van der Waals surface area contributed by atoms with Crippen LogP contribution in [0.4, 0.5) is 5.82 Å². The van der Waals surface area contributed by atoms with E-state index < -0.39 is 17.9 Å². The Kier molecular flexibility index (Phi) is 4.49. The van der Waals surface area contributed by atoms with Gasteiger partial charge in [-0.25, -0.2) is 10.8 Å². The first-order valence-corrected chi connectivity index (χ1v) is 6.65. The van der Waals surface area contributed by atoms with E-state index in [1.807, 2.05) is 6.92 Å². The lowest BCUT2D eigenvalue weighted by atomic mass is 10.1. The number of hydrogen-bond acceptors (Lipinski definition) is 6. The van der Waals surface area contributed by atoms with Crippen molar-refractivity contribution in [3.63, 3.8) is 0 Å². The zero-order valence-electron chi connectivity index (χ0n) is 11.6. The molecule has 0 spiro atoms. The fourth-order valence-corrected chi connectivity index (χ4v) is 2.05. The number of nitrogen functional groups attached to an aromatic ring is 1. The van der Waals surface area contributed by atoms with Gasteiger partial charge in [-0.3, -0.25) is 19.7 Å². The third kappa shape index (κ3) is 3.54. The summed E-state index contributed by atoms with van der Waals surface area (Å²) in [5.74, 6) is 4.48. The van der Waals surface area contributed by atoms with E-state index in [1.54, 1.807) is 6.07 Å². The number of aryl methyl sites for hydroxylation is 1. The molecule has 1 aliphatic rings. The largest absolute Gasteiger partial charge is 0.340 e. The number of imide groups is 1. The van der Waals surface area contributed by atoms with Gasteiger partial charge in [0.1, 0.15) is 11.9 Å². The molecule has 0 aromatic carbocycles. The topological polar surface area (TPSA) is 126 Å². The first kappa shape index (κ1) is 14.9. The van der Waals surface area contributed by atoms with Gasteiger partial charge >= 0.3 is 0 Å². The van der Waals surface area contributed by atoms with Crippen molar-refractivity contribution in [1.82, 2.24) is 15.6 Å². The van der Waals surface area contributed by atoms with Gasteiger partial charge in [-0.1, -0.05) is 6.92 Å². The van der Waals surface area contributed by atoms with Gasteiger partial charge < -0.3 is 10.7 Å². The van der Waals surface area contributed by atoms with Crippen LogP contribution in [-0.4, -0.2) is 28.7 Å². The highest BCUT2D eigenvalue weighted by molar-refractivity contribution is 6.03. The Balaban J connectivity index is 2.13. The minimum absolute atomic E-state index is 0.211. The summed E-state index contributed by atoms with van der Waals surface area (Å²) in [5, 5.41) is 4.80. The number of hydrazine groups is 1. The van der Waals surface area contributed by atoms with Crippen LogP contribution in [0.15, 0.2) is 12.1 Å². The molecular formula is C13H17N5O3. The molecule has 2 heterocycles. The quantitative estimate of drug-likeness (QED) is 0.335. The molecule has 1 unspecified atom stereocenters. The normalized spacial score (nSPS) is 18.1. The minimum atomic E-state index is -0.706. The predicted molar refractivity (Wildman–Crippen MR) is 75.1 cm³/mol. The monoisotopic (exact) mass is 291 g/mol. The van der Waals surface area contributed by atoms with Gasteiger partial charge in [0.05, 0.1) is 0 Å². The molecule has 8 nitrogen and oxygen atoms in total. The van der Waals surface area contributed by atoms with Crippen molar-refractivity contribution in [3.8, 4) is 0 Å². The van der Waals surface area contributed by atoms with Crippen molar-refractivity contribution >= 4 is 23.5 Å². The number of pyridine rings is 1. The molecule has 1 aliphatic heterocycles. The van der Waals surface area contributed by atoms with E-state index in [4.69, 9.17) is 5.84 Å². The van der Waals surface area contributed by atoms with Crippen LogP contribution in [0.5, 0.6) is 0 Å². The fourth-order valence-electron chi connectivity index (χ4n) is 2.05. The second-order valence-electron chi connectivity index (χ2n) is 4.71. The zero-order chi connectivity index (χ0) is 15.4. The molecule has 5 N–H and O–H groups in total. The number of piperidine rings is 1. The van der Waals surface area contributed by atoms with Gasteiger partial charge in [-0.05, 0) is 25.0 Å². The number of nitrogens with one attached hydrogen (secondary N) is 3. The maximum atomic E-state index is 12.2. The van der Waals surface area contributed by atoms with Crippen LogP contribution < -0.4 is 21.9 Å². The highest BCUT2D eigenvalue weighted by Gasteiger charge is 2.28. The summed E-state index contributed by atoms with van der Waals surface area (Å²) in [6.07, 6.45) is 1.15. The summed E-state index contributed by atoms with van der Waals surface area (Å²) < 4.78 is 0. The lowest BCUT2D eigenvalue weighted by Crippen LogP contribution is -2.52. The zero-order valence-corrected chi connectivity index (χ0v) is 11.6. The van der Waals surface area contributed by atoms with Crippen molar-refractivity contribution < 1.29 is 14.4 Å². The average molecular weight is 291 g/mol. The van der Waals surface area contributed by atoms with Crippen molar-refractivity contribution in [2.75, 3.05) is 5.43 Å². The third-order valence-electron chi connectivity index (χ3n) is 3.20. The SMILES string of the molecule is CCc1cc(C(=O)NC2CCC(=O)NC2=O)cc(NN)n1. The Labute approximate surface area is 121 Å². The molecule has 0 bridgehead atoms. The molecule has 2 rings (SSSR count). The molecule has 112 valence electrons. The standard InChI is InChI=1S/C13H17N5O3/c1-2-8-5-7(6-10(15-8)18-14)12(20)16-9-3-4-11(19)17-13(9)21/h5-6,9H,2-4,14H2,1H3,(H,15,18)(H,16,20)(H,17,19,21). The number of hydrogen-bond donors (Lipinski definition) is 4. The Morgan fingerprint density at radius 2 is 2.24 bits per heavy atom. The van der Waals surface area contributed by atoms with Crippen LogP contribution in [-0.2, 0) is 16.0 Å². The van der Waals surface area contributed by atoms with Crippen molar-refractivity contribution in [2.45, 2.75) is 32.2 Å². The molecule has 0 aliphatic carbocycles. The lowest BCUT2D eigenvalue weighted by molar-refractivity contribution is -0.134. The summed E-state index contributed by atoms with van der Waals surface area (Å²) in [6, 6.07) is 2.44. The summed E-state index contributed by atoms with van der Waals surface area (Å²) >= 11 is 0. The van der Waals surface area contributed by atoms with Gasteiger partial charge in [-0.15, -0.1) is 0 Å². The maximum Gasteiger partial charge on any atom is 0.252 e. The number of rotatable bonds is 4. The molecule has 1 saturated heterocycles. The molecule has 1 aromatic heterocycles. The summed E-state index contributed by atoms with van der Waals surface area (Å²) in [6.45, 7) is 1.91. The molecule has 8 heteroatoms. The van der Waals surface area contributed by atoms with Gasteiger partial charge in [-0.2, -0.15) is 0 Å². The van der Waals surface area contributed by atoms with Crippen molar-refractivity contribution in [2.24, 2.45) is 5.84 Å². The fraction of sp³-hybridized carbons (Fsp3) is 0.385. The number of nitrogens with two attached hydrogens (primary N) is 1. The minimum Gasteiger partial charge on any atom is -0.340 e. The molecule has 1 atom stereocenters. The first-order chi connectivity index (χ1) is 10.0. The molecule has 21 heavy (non-hydrogen) atoms. The van der Waals surface area contributed by atoms with Crippen LogP contribution in [0.1, 0.15) is 35.8 Å². The van der Waals surface area contributed by atoms with E-state index >= 15 is 0 Å². The molecule has 0 saturated carbocycles. The number of carbonyl (C=O) groups excluding carboxylic acids is 3.